The van der Waals surface area contributed by atoms with Crippen LogP contribution in [0, 0.1) is 17.8 Å². The van der Waals surface area contributed by atoms with Gasteiger partial charge in [-0.3, -0.25) is 0 Å². The van der Waals surface area contributed by atoms with Gasteiger partial charge in [-0.05, 0) is 42.2 Å². The maximum atomic E-state index is 3.37. The number of hydrogen-bond donors (Lipinski definition) is 1. The molecule has 0 saturated carbocycles. The molecule has 1 aromatic carbocycles. The fourth-order valence-electron chi connectivity index (χ4n) is 2.56. The van der Waals surface area contributed by atoms with Gasteiger partial charge in [-0.2, -0.15) is 0 Å². The fourth-order valence-corrected chi connectivity index (χ4v) is 2.56. The molecule has 1 aromatic heterocycles. The Kier molecular flexibility index (Phi) is 4.11. The number of hydrogen-bond acceptors (Lipinski definition) is 0. The highest BCUT2D eigenvalue weighted by Gasteiger charge is 2.17. The van der Waals surface area contributed by atoms with Crippen LogP contribution in [0.15, 0.2) is 30.5 Å². The lowest BCUT2D eigenvalue weighted by Crippen LogP contribution is -2.12. The molecule has 0 aliphatic heterocycles. The molecular formula is C17H24N. The van der Waals surface area contributed by atoms with Gasteiger partial charge in [0.15, 0.2) is 0 Å². The highest BCUT2D eigenvalue weighted by atomic mass is 14.7. The summed E-state index contributed by atoms with van der Waals surface area (Å²) in [5.74, 6) is 3.07. The fraction of sp³-hybridized carbons (Fsp3) is 0.471. The Hall–Kier alpha value is -1.24. The van der Waals surface area contributed by atoms with Gasteiger partial charge in [-0.15, -0.1) is 0 Å². The lowest BCUT2D eigenvalue weighted by Gasteiger charge is -2.22. The minimum Gasteiger partial charge on any atom is -0.361 e. The van der Waals surface area contributed by atoms with E-state index in [2.05, 4.69) is 63.1 Å². The summed E-state index contributed by atoms with van der Waals surface area (Å²) in [7, 11) is 0. The molecule has 2 aromatic rings. The van der Waals surface area contributed by atoms with Gasteiger partial charge in [-0.25, -0.2) is 0 Å². The zero-order valence-corrected chi connectivity index (χ0v) is 12.0. The number of benzene rings is 1. The van der Waals surface area contributed by atoms with Gasteiger partial charge in [-0.1, -0.05) is 45.9 Å². The first-order valence-corrected chi connectivity index (χ1v) is 6.97. The largest absolute Gasteiger partial charge is 0.361 e. The molecular weight excluding hydrogens is 218 g/mol. The Morgan fingerprint density at radius 1 is 1.11 bits per heavy atom. The molecule has 1 heterocycles. The molecule has 0 fully saturated rings. The minimum absolute atomic E-state index is 0.668. The summed E-state index contributed by atoms with van der Waals surface area (Å²) in [4.78, 5) is 3.37. The average molecular weight is 242 g/mol. The second kappa shape index (κ2) is 5.60. The zero-order chi connectivity index (χ0) is 13.1. The molecule has 0 aliphatic rings. The van der Waals surface area contributed by atoms with Crippen LogP contribution in [0.2, 0.25) is 0 Å². The molecule has 0 atom stereocenters. The predicted molar refractivity (Wildman–Crippen MR) is 79.5 cm³/mol. The van der Waals surface area contributed by atoms with Crippen LogP contribution in [0.3, 0.4) is 0 Å². The topological polar surface area (TPSA) is 15.8 Å². The van der Waals surface area contributed by atoms with Crippen molar-refractivity contribution in [3.05, 3.63) is 41.9 Å². The summed E-state index contributed by atoms with van der Waals surface area (Å²) < 4.78 is 0. The standard InChI is InChI=1S/C17H24N/c1-12(2)9-14(13(3)4)10-15-11-18-17-8-6-5-7-16(15)17/h5-8,11-13,18H,9-10H2,1-4H3. The molecule has 1 radical (unpaired) electrons. The number of aromatic amines is 1. The third-order valence-electron chi connectivity index (χ3n) is 3.58. The van der Waals surface area contributed by atoms with E-state index in [0.717, 1.165) is 12.3 Å². The quantitative estimate of drug-likeness (QED) is 0.760. The van der Waals surface area contributed by atoms with Crippen LogP contribution in [0.4, 0.5) is 0 Å². The van der Waals surface area contributed by atoms with Gasteiger partial charge in [0.25, 0.3) is 0 Å². The van der Waals surface area contributed by atoms with E-state index in [-0.39, 0.29) is 0 Å². The van der Waals surface area contributed by atoms with Crippen molar-refractivity contribution in [2.24, 2.45) is 11.8 Å². The number of nitrogens with one attached hydrogen (secondary N) is 1. The Bertz CT molecular complexity index is 493. The average Bonchev–Trinajstić information content (AvgIpc) is 2.71. The summed E-state index contributed by atoms with van der Waals surface area (Å²) in [5.41, 5.74) is 2.69. The summed E-state index contributed by atoms with van der Waals surface area (Å²) in [6.07, 6.45) is 4.52. The van der Waals surface area contributed by atoms with E-state index >= 15 is 0 Å². The Morgan fingerprint density at radius 2 is 1.83 bits per heavy atom. The normalized spacial score (nSPS) is 12.2. The van der Waals surface area contributed by atoms with Crippen LogP contribution >= 0.6 is 0 Å². The van der Waals surface area contributed by atoms with Crippen LogP contribution < -0.4 is 0 Å². The van der Waals surface area contributed by atoms with Crippen molar-refractivity contribution in [1.82, 2.24) is 4.98 Å². The summed E-state index contributed by atoms with van der Waals surface area (Å²) in [6.45, 7) is 9.23. The lowest BCUT2D eigenvalue weighted by molar-refractivity contribution is 0.497. The maximum Gasteiger partial charge on any atom is 0.0456 e. The Balaban J connectivity index is 2.20. The van der Waals surface area contributed by atoms with Gasteiger partial charge in [0.2, 0.25) is 0 Å². The predicted octanol–water partition coefficient (Wildman–Crippen LogP) is 4.99. The summed E-state index contributed by atoms with van der Waals surface area (Å²) >= 11 is 0. The van der Waals surface area contributed by atoms with Crippen LogP contribution in [-0.4, -0.2) is 4.98 Å². The van der Waals surface area contributed by atoms with Gasteiger partial charge < -0.3 is 4.98 Å². The van der Waals surface area contributed by atoms with Crippen molar-refractivity contribution in [1.29, 1.82) is 0 Å². The van der Waals surface area contributed by atoms with Crippen molar-refractivity contribution >= 4 is 10.9 Å². The number of H-pyrrole nitrogens is 1. The van der Waals surface area contributed by atoms with E-state index in [1.54, 1.807) is 5.92 Å². The van der Waals surface area contributed by atoms with Crippen molar-refractivity contribution in [3.63, 3.8) is 0 Å². The second-order valence-electron chi connectivity index (χ2n) is 5.95. The highest BCUT2D eigenvalue weighted by Crippen LogP contribution is 2.29. The molecule has 2 rings (SSSR count). The number of fused-ring (bicyclic) bond motifs is 1. The third-order valence-corrected chi connectivity index (χ3v) is 3.58. The summed E-state index contributed by atoms with van der Waals surface area (Å²) in [5, 5.41) is 1.37. The van der Waals surface area contributed by atoms with E-state index in [4.69, 9.17) is 0 Å². The Labute approximate surface area is 111 Å². The van der Waals surface area contributed by atoms with Crippen molar-refractivity contribution in [3.8, 4) is 0 Å². The highest BCUT2D eigenvalue weighted by molar-refractivity contribution is 5.83. The van der Waals surface area contributed by atoms with Crippen LogP contribution in [0.25, 0.3) is 10.9 Å². The molecule has 0 spiro atoms. The number of rotatable bonds is 5. The first-order valence-electron chi connectivity index (χ1n) is 6.97. The number of aromatic nitrogens is 1. The minimum atomic E-state index is 0.668. The van der Waals surface area contributed by atoms with E-state index < -0.39 is 0 Å². The molecule has 18 heavy (non-hydrogen) atoms. The SMILES string of the molecule is CC(C)C[C](Cc1c[nH]c2ccccc12)C(C)C. The lowest BCUT2D eigenvalue weighted by atomic mass is 9.83. The smallest absolute Gasteiger partial charge is 0.0456 e. The molecule has 0 bridgehead atoms. The van der Waals surface area contributed by atoms with Gasteiger partial charge in [0, 0.05) is 17.1 Å². The summed E-state index contributed by atoms with van der Waals surface area (Å²) in [6, 6.07) is 8.58. The third kappa shape index (κ3) is 2.95. The molecule has 0 saturated heterocycles. The van der Waals surface area contributed by atoms with Gasteiger partial charge in [0.1, 0.15) is 0 Å². The van der Waals surface area contributed by atoms with Gasteiger partial charge in [0.05, 0.1) is 0 Å². The molecule has 0 amide bonds. The first kappa shape index (κ1) is 13.2. The molecule has 97 valence electrons. The van der Waals surface area contributed by atoms with Crippen LogP contribution in [0.5, 0.6) is 0 Å². The van der Waals surface area contributed by atoms with Crippen molar-refractivity contribution < 1.29 is 0 Å². The van der Waals surface area contributed by atoms with Crippen molar-refractivity contribution in [2.75, 3.05) is 0 Å². The number of para-hydroxylation sites is 1. The maximum absolute atomic E-state index is 3.37. The molecule has 1 nitrogen and oxygen atoms in total. The van der Waals surface area contributed by atoms with Crippen LogP contribution in [-0.2, 0) is 6.42 Å². The van der Waals surface area contributed by atoms with Gasteiger partial charge >= 0.3 is 0 Å². The van der Waals surface area contributed by atoms with Crippen molar-refractivity contribution in [2.45, 2.75) is 40.5 Å². The molecule has 1 heteroatoms. The zero-order valence-electron chi connectivity index (χ0n) is 12.0. The first-order chi connectivity index (χ1) is 8.58. The monoisotopic (exact) mass is 242 g/mol. The van der Waals surface area contributed by atoms with Crippen LogP contribution in [0.1, 0.15) is 39.7 Å². The molecule has 0 unspecified atom stereocenters. The van der Waals surface area contributed by atoms with E-state index in [9.17, 15) is 0 Å². The molecule has 1 N–H and O–H groups in total. The van der Waals surface area contributed by atoms with E-state index in [1.807, 2.05) is 0 Å². The van der Waals surface area contributed by atoms with E-state index in [0.29, 0.717) is 5.92 Å². The Morgan fingerprint density at radius 3 is 2.50 bits per heavy atom. The molecule has 0 aliphatic carbocycles. The second-order valence-corrected chi connectivity index (χ2v) is 5.95. The van der Waals surface area contributed by atoms with E-state index in [1.165, 1.54) is 22.9 Å².